The minimum atomic E-state index is -3.50. The maximum absolute atomic E-state index is 14.1. The Bertz CT molecular complexity index is 2750. The lowest BCUT2D eigenvalue weighted by Gasteiger charge is -2.48. The quantitative estimate of drug-likeness (QED) is 0.0213. The third kappa shape index (κ3) is 13.7. The number of hydrogen-bond donors (Lipinski definition) is 5. The minimum Gasteiger partial charge on any atom is -0.391 e. The van der Waals surface area contributed by atoms with Gasteiger partial charge in [-0.05, 0) is 115 Å². The smallest absolute Gasteiger partial charge is 0.250 e. The number of nitrogens with zero attached hydrogens (tertiary/aromatic N) is 2. The van der Waals surface area contributed by atoms with Crippen molar-refractivity contribution in [2.75, 3.05) is 74.6 Å². The van der Waals surface area contributed by atoms with Gasteiger partial charge in [0.05, 0.1) is 50.6 Å². The molecular formula is C57H69F2N4O10S+. The van der Waals surface area contributed by atoms with E-state index in [0.29, 0.717) is 52.2 Å². The van der Waals surface area contributed by atoms with Crippen molar-refractivity contribution < 1.29 is 56.3 Å². The Kier molecular flexibility index (Phi) is 19.3. The molecule has 5 aromatic carbocycles. The lowest BCUT2D eigenvalue weighted by Crippen LogP contribution is -2.55. The molecule has 0 aliphatic carbocycles. The van der Waals surface area contributed by atoms with Gasteiger partial charge in [0.25, 0.3) is 0 Å². The number of hydrogen-bond acceptors (Lipinski definition) is 10. The molecule has 2 aliphatic rings. The van der Waals surface area contributed by atoms with Gasteiger partial charge in [0.2, 0.25) is 27.9 Å². The molecule has 5 N–H and O–H groups in total. The van der Waals surface area contributed by atoms with Crippen molar-refractivity contribution in [3.8, 4) is 0 Å². The maximum atomic E-state index is 14.1. The molecule has 0 saturated carbocycles. The van der Waals surface area contributed by atoms with Crippen LogP contribution < -0.4 is 20.4 Å². The number of rotatable bonds is 25. The predicted octanol–water partition coefficient (Wildman–Crippen LogP) is 8.98. The Balaban J connectivity index is 0.842. The van der Waals surface area contributed by atoms with Gasteiger partial charge in [-0.3, -0.25) is 14.4 Å². The number of amides is 3. The molecule has 396 valence electrons. The summed E-state index contributed by atoms with van der Waals surface area (Å²) >= 11 is 0. The lowest BCUT2D eigenvalue weighted by atomic mass is 9.69. The molecule has 0 aromatic heterocycles. The second-order valence-corrected chi connectivity index (χ2v) is 21.4. The van der Waals surface area contributed by atoms with Crippen molar-refractivity contribution in [2.45, 2.75) is 88.0 Å². The topological polar surface area (TPSA) is 187 Å². The number of aliphatic hydroxyl groups excluding tert-OH is 2. The number of carbonyl (C=O) groups is 3. The third-order valence-electron chi connectivity index (χ3n) is 14.2. The second-order valence-electron chi connectivity index (χ2n) is 19.4. The number of aliphatic hydroxyl groups is 2. The van der Waals surface area contributed by atoms with Crippen LogP contribution in [0, 0.1) is 23.0 Å². The summed E-state index contributed by atoms with van der Waals surface area (Å²) in [4.78, 5) is 43.2. The van der Waals surface area contributed by atoms with Crippen molar-refractivity contribution in [1.82, 2.24) is 5.32 Å². The van der Waals surface area contributed by atoms with E-state index in [1.54, 1.807) is 41.3 Å². The van der Waals surface area contributed by atoms with E-state index in [-0.39, 0.29) is 70.2 Å². The van der Waals surface area contributed by atoms with Crippen molar-refractivity contribution in [3.05, 3.63) is 155 Å². The zero-order chi connectivity index (χ0) is 53.0. The van der Waals surface area contributed by atoms with Gasteiger partial charge in [0.15, 0.2) is 10.6 Å². The summed E-state index contributed by atoms with van der Waals surface area (Å²) in [5.41, 5.74) is 4.51. The molecule has 0 bridgehead atoms. The first-order chi connectivity index (χ1) is 35.5. The molecule has 2 heterocycles. The Morgan fingerprint density at radius 1 is 0.838 bits per heavy atom. The predicted molar refractivity (Wildman–Crippen MR) is 281 cm³/mol. The van der Waals surface area contributed by atoms with Crippen LogP contribution in [0.5, 0.6) is 0 Å². The van der Waals surface area contributed by atoms with Crippen LogP contribution >= 0.6 is 0 Å². The highest BCUT2D eigenvalue weighted by atomic mass is 32.3. The van der Waals surface area contributed by atoms with Crippen LogP contribution in [0.1, 0.15) is 98.3 Å². The first kappa shape index (κ1) is 55.8. The van der Waals surface area contributed by atoms with E-state index in [4.69, 9.17) is 14.2 Å². The average molecular weight is 1040 g/mol. The first-order valence-electron chi connectivity index (χ1n) is 25.3. The summed E-state index contributed by atoms with van der Waals surface area (Å²) in [6.45, 7) is 4.39. The number of halogens is 2. The average Bonchev–Trinajstić information content (AvgIpc) is 3.45. The Morgan fingerprint density at radius 2 is 1.49 bits per heavy atom. The summed E-state index contributed by atoms with van der Waals surface area (Å²) < 4.78 is 69.7. The largest absolute Gasteiger partial charge is 0.391 e. The van der Waals surface area contributed by atoms with Crippen LogP contribution in [0.25, 0.3) is 0 Å². The number of nitrogens with one attached hydrogen (secondary N) is 2. The van der Waals surface area contributed by atoms with E-state index < -0.39 is 63.3 Å². The molecule has 2 aliphatic heterocycles. The molecule has 7 rings (SSSR count). The van der Waals surface area contributed by atoms with Crippen LogP contribution in [0.4, 0.5) is 25.8 Å². The van der Waals surface area contributed by atoms with Gasteiger partial charge in [-0.25, -0.2) is 8.78 Å². The minimum absolute atomic E-state index is 0.0439. The molecular weight excluding hydrogens is 971 g/mol. The molecule has 3 amide bonds. The molecule has 17 heteroatoms. The van der Waals surface area contributed by atoms with Crippen LogP contribution in [-0.2, 0) is 49.6 Å². The number of anilines is 3. The van der Waals surface area contributed by atoms with E-state index in [9.17, 15) is 42.1 Å². The number of β-lactam (4-membered cyclic amide) rings is 1. The van der Waals surface area contributed by atoms with Gasteiger partial charge in [0.1, 0.15) is 24.8 Å². The van der Waals surface area contributed by atoms with Crippen LogP contribution in [0.3, 0.4) is 0 Å². The van der Waals surface area contributed by atoms with Crippen molar-refractivity contribution >= 4 is 45.0 Å². The van der Waals surface area contributed by atoms with Gasteiger partial charge in [-0.15, -0.1) is 0 Å². The molecule has 7 unspecified atom stereocenters. The van der Waals surface area contributed by atoms with Gasteiger partial charge in [-0.2, -0.15) is 4.55 Å². The highest BCUT2D eigenvalue weighted by Crippen LogP contribution is 2.51. The Hall–Kier alpha value is -5.92. The fraction of sp³-hybridized carbons (Fsp3) is 0.421. The molecule has 7 atom stereocenters. The van der Waals surface area contributed by atoms with Gasteiger partial charge < -0.3 is 44.9 Å². The number of ether oxygens (including phenoxy) is 3. The van der Waals surface area contributed by atoms with E-state index in [1.807, 2.05) is 68.4 Å². The highest BCUT2D eigenvalue weighted by Gasteiger charge is 2.55. The lowest BCUT2D eigenvalue weighted by molar-refractivity contribution is -0.131. The summed E-state index contributed by atoms with van der Waals surface area (Å²) in [5, 5.41) is 28.9. The van der Waals surface area contributed by atoms with Crippen molar-refractivity contribution in [2.24, 2.45) is 11.3 Å². The molecule has 1 fully saturated rings. The van der Waals surface area contributed by atoms with Gasteiger partial charge in [0, 0.05) is 54.6 Å². The fourth-order valence-electron chi connectivity index (χ4n) is 10.1. The fourth-order valence-corrected chi connectivity index (χ4v) is 12.4. The van der Waals surface area contributed by atoms with Gasteiger partial charge in [-0.1, -0.05) is 79.4 Å². The zero-order valence-corrected chi connectivity index (χ0v) is 43.3. The summed E-state index contributed by atoms with van der Waals surface area (Å²) in [5.74, 6) is -2.89. The molecule has 0 radical (unpaired) electrons. The maximum Gasteiger partial charge on any atom is 0.250 e. The van der Waals surface area contributed by atoms with Crippen LogP contribution in [0.15, 0.2) is 120 Å². The Labute approximate surface area is 433 Å². The normalized spacial score (nSPS) is 21.8. The van der Waals surface area contributed by atoms with Crippen LogP contribution in [-0.4, -0.2) is 98.1 Å². The van der Waals surface area contributed by atoms with E-state index in [2.05, 4.69) is 17.6 Å². The van der Waals surface area contributed by atoms with E-state index in [1.165, 1.54) is 36.4 Å². The third-order valence-corrected chi connectivity index (χ3v) is 16.2. The Morgan fingerprint density at radius 3 is 2.16 bits per heavy atom. The highest BCUT2D eigenvalue weighted by molar-refractivity contribution is 7.97. The summed E-state index contributed by atoms with van der Waals surface area (Å²) in [7, 11) is 0.289. The number of fused-ring (bicyclic) bond motifs is 1. The monoisotopic (exact) mass is 1040 g/mol. The zero-order valence-electron chi connectivity index (χ0n) is 42.5. The number of benzene rings is 5. The van der Waals surface area contributed by atoms with Crippen molar-refractivity contribution in [1.29, 1.82) is 0 Å². The first-order valence-corrected chi connectivity index (χ1v) is 27.0. The number of unbranched alkanes of at least 4 members (excludes halogenated alkanes) is 1. The molecule has 74 heavy (non-hydrogen) atoms. The van der Waals surface area contributed by atoms with E-state index in [0.717, 1.165) is 29.7 Å². The molecule has 0 spiro atoms. The molecule has 14 nitrogen and oxygen atoms in total. The summed E-state index contributed by atoms with van der Waals surface area (Å²) in [6.07, 6.45) is 1.56. The molecule has 5 aromatic rings. The second kappa shape index (κ2) is 25.5. The van der Waals surface area contributed by atoms with Crippen molar-refractivity contribution in [3.63, 3.8) is 0 Å². The van der Waals surface area contributed by atoms with Crippen LogP contribution in [0.2, 0.25) is 0 Å². The van der Waals surface area contributed by atoms with Gasteiger partial charge >= 0.3 is 0 Å². The van der Waals surface area contributed by atoms with E-state index >= 15 is 0 Å². The SMILES string of the molecule is CCCCC1(CC)C[S+](=O)(O)c2ccc(N(C)C)cc2C(c2cccc(NC(=O)COCCOCCOCC(=O)NCc3cccc(C4C(CCC(O)c5ccc(F)cc5)C(=O)N4c4ccc(F)cc4)c3)c2)C1O. The standard InChI is InChI=1S/C57H68F2N4O10S/c1-5-7-26-57(6-2)37-74(69,70)50-25-22-46(62(3)4)33-48(50)53(55(57)67)40-11-9-13-44(32-40)61-52(66)36-73-30-28-71-27-29-72-35-51(65)60-34-38-10-8-12-41(31-38)54-47(23-24-49(64)39-14-16-42(58)17-15-39)56(68)63(54)45-20-18-43(59)19-21-45/h8-22,25,31-33,47,49,53-55,64,67H,5-7,23-24,26-30,34-37H2,1-4H3,(H2-,60,61,65,66,69,70)/p+1. The summed E-state index contributed by atoms with van der Waals surface area (Å²) in [6, 6.07) is 31.0. The number of carbonyl (C=O) groups excluding carboxylic acids is 3. The molecule has 1 saturated heterocycles.